The van der Waals surface area contributed by atoms with Gasteiger partial charge in [-0.1, -0.05) is 6.92 Å². The van der Waals surface area contributed by atoms with Crippen molar-refractivity contribution in [2.45, 2.75) is 19.5 Å². The smallest absolute Gasteiger partial charge is 0.387 e. The highest BCUT2D eigenvalue weighted by Crippen LogP contribution is 2.28. The Kier molecular flexibility index (Phi) is 3.62. The van der Waals surface area contributed by atoms with Gasteiger partial charge in [-0.3, -0.25) is 0 Å². The first-order valence-corrected chi connectivity index (χ1v) is 4.36. The molecule has 79 valence electrons. The van der Waals surface area contributed by atoms with Gasteiger partial charge in [0, 0.05) is 0 Å². The van der Waals surface area contributed by atoms with Crippen LogP contribution in [0, 0.1) is 18.3 Å². The van der Waals surface area contributed by atoms with Crippen molar-refractivity contribution in [2.24, 2.45) is 0 Å². The molecule has 1 radical (unpaired) electrons. The van der Waals surface area contributed by atoms with Gasteiger partial charge in [0.05, 0.1) is 11.6 Å². The van der Waals surface area contributed by atoms with Gasteiger partial charge in [0.2, 0.25) is 0 Å². The molecular formula is C11H10F2NO. The Hall–Kier alpha value is -1.63. The van der Waals surface area contributed by atoms with E-state index < -0.39 is 6.61 Å². The maximum Gasteiger partial charge on any atom is 0.387 e. The minimum atomic E-state index is -2.87. The van der Waals surface area contributed by atoms with E-state index in [-0.39, 0.29) is 11.7 Å². The minimum Gasteiger partial charge on any atom is -0.435 e. The molecule has 0 heterocycles. The molecule has 1 unspecified atom stereocenters. The van der Waals surface area contributed by atoms with E-state index in [1.54, 1.807) is 6.92 Å². The Bertz CT molecular complexity index is 383. The summed E-state index contributed by atoms with van der Waals surface area (Å²) in [5.41, 5.74) is 0.913. The number of ether oxygens (including phenoxy) is 1. The molecule has 0 aromatic heterocycles. The third kappa shape index (κ3) is 2.91. The van der Waals surface area contributed by atoms with Gasteiger partial charge in [0.15, 0.2) is 0 Å². The lowest BCUT2D eigenvalue weighted by Gasteiger charge is -2.13. The molecule has 15 heavy (non-hydrogen) atoms. The highest BCUT2D eigenvalue weighted by atomic mass is 19.3. The van der Waals surface area contributed by atoms with Gasteiger partial charge < -0.3 is 4.74 Å². The number of nitriles is 1. The summed E-state index contributed by atoms with van der Waals surface area (Å²) in [6.45, 7) is 2.60. The van der Waals surface area contributed by atoms with Crippen LogP contribution in [0.25, 0.3) is 0 Å². The average Bonchev–Trinajstić information content (AvgIpc) is 2.17. The zero-order chi connectivity index (χ0) is 11.4. The predicted molar refractivity (Wildman–Crippen MR) is 51.6 cm³/mol. The van der Waals surface area contributed by atoms with Crippen molar-refractivity contribution >= 4 is 0 Å². The maximum absolute atomic E-state index is 12.0. The monoisotopic (exact) mass is 210 g/mol. The van der Waals surface area contributed by atoms with Gasteiger partial charge in [0.25, 0.3) is 0 Å². The third-order valence-electron chi connectivity index (χ3n) is 1.89. The summed E-state index contributed by atoms with van der Waals surface area (Å²) in [5, 5.41) is 8.66. The molecule has 0 bridgehead atoms. The molecule has 0 aliphatic rings. The van der Waals surface area contributed by atoms with Crippen LogP contribution in [0.3, 0.4) is 0 Å². The first-order chi connectivity index (χ1) is 7.04. The second-order valence-corrected chi connectivity index (χ2v) is 3.14. The molecule has 1 aromatic carbocycles. The summed E-state index contributed by atoms with van der Waals surface area (Å²) < 4.78 is 28.4. The van der Waals surface area contributed by atoms with Crippen LogP contribution in [0.2, 0.25) is 0 Å². The number of hydrogen-bond donors (Lipinski definition) is 0. The fourth-order valence-electron chi connectivity index (χ4n) is 1.21. The Morgan fingerprint density at radius 3 is 2.60 bits per heavy atom. The Balaban J connectivity index is 3.11. The number of benzene rings is 1. The summed E-state index contributed by atoms with van der Waals surface area (Å²) >= 11 is 0. The number of nitrogens with zero attached hydrogens (tertiary/aromatic N) is 1. The summed E-state index contributed by atoms with van der Waals surface area (Å²) in [7, 11) is 0. The molecule has 0 aliphatic carbocycles. The van der Waals surface area contributed by atoms with Crippen molar-refractivity contribution in [3.63, 3.8) is 0 Å². The molecule has 0 spiro atoms. The standard InChI is InChI=1S/C11H10F2NO/c1-7(2)9-5-8(6-14)3-4-10(9)15-11(12)13/h3-5,7,11H,1H2,2H3. The Morgan fingerprint density at radius 1 is 1.47 bits per heavy atom. The van der Waals surface area contributed by atoms with E-state index in [1.807, 2.05) is 6.07 Å². The fraction of sp³-hybridized carbons (Fsp3) is 0.273. The van der Waals surface area contributed by atoms with Crippen LogP contribution in [-0.4, -0.2) is 6.61 Å². The predicted octanol–water partition coefficient (Wildman–Crippen LogP) is 3.10. The van der Waals surface area contributed by atoms with Crippen molar-refractivity contribution in [2.75, 3.05) is 0 Å². The summed E-state index contributed by atoms with van der Waals surface area (Å²) in [6.07, 6.45) is 0. The highest BCUT2D eigenvalue weighted by Gasteiger charge is 2.12. The van der Waals surface area contributed by atoms with Crippen molar-refractivity contribution < 1.29 is 13.5 Å². The van der Waals surface area contributed by atoms with E-state index in [0.717, 1.165) is 0 Å². The van der Waals surface area contributed by atoms with Gasteiger partial charge in [-0.05, 0) is 36.6 Å². The number of rotatable bonds is 3. The third-order valence-corrected chi connectivity index (χ3v) is 1.89. The molecule has 0 saturated heterocycles. The second-order valence-electron chi connectivity index (χ2n) is 3.14. The minimum absolute atomic E-state index is 0.0755. The van der Waals surface area contributed by atoms with E-state index in [2.05, 4.69) is 11.7 Å². The molecule has 1 atom stereocenters. The molecular weight excluding hydrogens is 200 g/mol. The van der Waals surface area contributed by atoms with Crippen LogP contribution in [-0.2, 0) is 0 Å². The van der Waals surface area contributed by atoms with Gasteiger partial charge in [-0.15, -0.1) is 0 Å². The van der Waals surface area contributed by atoms with E-state index in [9.17, 15) is 8.78 Å². The summed E-state index contributed by atoms with van der Waals surface area (Å²) in [4.78, 5) is 0. The number of halogens is 2. The van der Waals surface area contributed by atoms with E-state index in [0.29, 0.717) is 11.1 Å². The quantitative estimate of drug-likeness (QED) is 0.767. The Labute approximate surface area is 87.1 Å². The average molecular weight is 210 g/mol. The summed E-state index contributed by atoms with van der Waals surface area (Å²) in [5.74, 6) is -0.140. The fourth-order valence-corrected chi connectivity index (χ4v) is 1.21. The topological polar surface area (TPSA) is 33.0 Å². The van der Waals surface area contributed by atoms with Crippen molar-refractivity contribution in [1.29, 1.82) is 5.26 Å². The van der Waals surface area contributed by atoms with Crippen LogP contribution in [0.5, 0.6) is 5.75 Å². The lowest BCUT2D eigenvalue weighted by molar-refractivity contribution is -0.0505. The van der Waals surface area contributed by atoms with E-state index >= 15 is 0 Å². The zero-order valence-corrected chi connectivity index (χ0v) is 8.21. The normalized spacial score (nSPS) is 10.5. The van der Waals surface area contributed by atoms with Crippen LogP contribution >= 0.6 is 0 Å². The molecule has 0 N–H and O–H groups in total. The second kappa shape index (κ2) is 4.74. The first kappa shape index (κ1) is 11.4. The molecule has 0 saturated carbocycles. The lowest BCUT2D eigenvalue weighted by atomic mass is 10.00. The molecule has 1 rings (SSSR count). The van der Waals surface area contributed by atoms with Gasteiger partial charge in [-0.25, -0.2) is 0 Å². The molecule has 2 nitrogen and oxygen atoms in total. The van der Waals surface area contributed by atoms with Crippen LogP contribution < -0.4 is 4.74 Å². The largest absolute Gasteiger partial charge is 0.435 e. The number of hydrogen-bond acceptors (Lipinski definition) is 2. The van der Waals surface area contributed by atoms with Crippen molar-refractivity contribution in [3.8, 4) is 11.8 Å². The lowest BCUT2D eigenvalue weighted by Crippen LogP contribution is -2.05. The van der Waals surface area contributed by atoms with Crippen LogP contribution in [0.15, 0.2) is 18.2 Å². The van der Waals surface area contributed by atoms with Gasteiger partial charge in [-0.2, -0.15) is 14.0 Å². The molecule has 0 aliphatic heterocycles. The summed E-state index contributed by atoms with van der Waals surface area (Å²) in [6, 6.07) is 6.24. The van der Waals surface area contributed by atoms with Crippen LogP contribution in [0.4, 0.5) is 8.78 Å². The van der Waals surface area contributed by atoms with Gasteiger partial charge >= 0.3 is 6.61 Å². The molecule has 1 aromatic rings. The Morgan fingerprint density at radius 2 is 2.13 bits per heavy atom. The van der Waals surface area contributed by atoms with Crippen molar-refractivity contribution in [1.82, 2.24) is 0 Å². The zero-order valence-electron chi connectivity index (χ0n) is 8.21. The van der Waals surface area contributed by atoms with Crippen molar-refractivity contribution in [3.05, 3.63) is 36.2 Å². The van der Waals surface area contributed by atoms with E-state index in [4.69, 9.17) is 5.26 Å². The highest BCUT2D eigenvalue weighted by molar-refractivity contribution is 5.44. The SMILES string of the molecule is [CH2]C(C)c1cc(C#N)ccc1OC(F)F. The van der Waals surface area contributed by atoms with Crippen LogP contribution in [0.1, 0.15) is 24.0 Å². The van der Waals surface area contributed by atoms with E-state index in [1.165, 1.54) is 18.2 Å². The van der Waals surface area contributed by atoms with Gasteiger partial charge in [0.1, 0.15) is 5.75 Å². The number of alkyl halides is 2. The molecule has 4 heteroatoms. The molecule has 0 amide bonds. The molecule has 0 fully saturated rings. The maximum atomic E-state index is 12.0. The first-order valence-electron chi connectivity index (χ1n) is 4.36.